The summed E-state index contributed by atoms with van der Waals surface area (Å²) in [5.41, 5.74) is 9.19. The van der Waals surface area contributed by atoms with Crippen molar-refractivity contribution in [3.8, 4) is 6.07 Å². The van der Waals surface area contributed by atoms with Crippen molar-refractivity contribution in [2.75, 3.05) is 14.1 Å². The number of hydrogen-bond acceptors (Lipinski definition) is 5. The first-order valence-corrected chi connectivity index (χ1v) is 9.86. The molecule has 152 valence electrons. The number of nitriles is 1. The standard InChI is InChI=1S/C24H23FN4O/c1-28(2)29-20-12-16(15-8-4-3-5-9-15)13-21(30)23(20)22(18(14-26)24(29)27)17-10-6-7-11-19(17)25/h3-11,16,22H,12-13,27H2,1-2H3/t16-,22-/m1/s1. The topological polar surface area (TPSA) is 73.4 Å². The Balaban J connectivity index is 1.92. The summed E-state index contributed by atoms with van der Waals surface area (Å²) < 4.78 is 14.8. The number of ketones is 1. The van der Waals surface area contributed by atoms with Gasteiger partial charge in [-0.2, -0.15) is 5.26 Å². The highest BCUT2D eigenvalue weighted by molar-refractivity contribution is 6.00. The molecular formula is C24H23FN4O. The number of nitrogens with two attached hydrogens (primary N) is 1. The zero-order valence-electron chi connectivity index (χ0n) is 17.0. The van der Waals surface area contributed by atoms with Crippen LogP contribution >= 0.6 is 0 Å². The molecule has 2 aromatic carbocycles. The molecule has 1 aliphatic carbocycles. The molecule has 2 aliphatic rings. The summed E-state index contributed by atoms with van der Waals surface area (Å²) in [5, 5.41) is 13.4. The molecule has 0 unspecified atom stereocenters. The highest BCUT2D eigenvalue weighted by Crippen LogP contribution is 2.48. The predicted molar refractivity (Wildman–Crippen MR) is 112 cm³/mol. The summed E-state index contributed by atoms with van der Waals surface area (Å²) in [6.07, 6.45) is 0.890. The molecule has 0 aromatic heterocycles. The molecule has 0 amide bonds. The van der Waals surface area contributed by atoms with Gasteiger partial charge in [0.1, 0.15) is 11.6 Å². The Bertz CT molecular complexity index is 1100. The smallest absolute Gasteiger partial charge is 0.162 e. The van der Waals surface area contributed by atoms with Crippen molar-refractivity contribution in [3.05, 3.63) is 94.2 Å². The first-order valence-electron chi connectivity index (χ1n) is 9.86. The monoisotopic (exact) mass is 402 g/mol. The van der Waals surface area contributed by atoms with E-state index in [4.69, 9.17) is 5.73 Å². The third-order valence-corrected chi connectivity index (χ3v) is 5.83. The summed E-state index contributed by atoms with van der Waals surface area (Å²) in [7, 11) is 3.62. The minimum atomic E-state index is -0.799. The van der Waals surface area contributed by atoms with Gasteiger partial charge in [-0.15, -0.1) is 0 Å². The van der Waals surface area contributed by atoms with Crippen LogP contribution in [-0.2, 0) is 4.79 Å². The Morgan fingerprint density at radius 2 is 1.77 bits per heavy atom. The SMILES string of the molecule is CN(C)N1C(N)=C(C#N)[C@@H](c2ccccc2F)C2=C1C[C@@H](c1ccccc1)CC2=O. The Kier molecular flexibility index (Phi) is 5.15. The van der Waals surface area contributed by atoms with Crippen molar-refractivity contribution in [1.82, 2.24) is 10.0 Å². The van der Waals surface area contributed by atoms with Gasteiger partial charge in [0.05, 0.1) is 17.6 Å². The number of halogens is 1. The van der Waals surface area contributed by atoms with Gasteiger partial charge in [-0.3, -0.25) is 9.80 Å². The predicted octanol–water partition coefficient (Wildman–Crippen LogP) is 3.80. The van der Waals surface area contributed by atoms with Crippen LogP contribution in [0.15, 0.2) is 77.3 Å². The summed E-state index contributed by atoms with van der Waals surface area (Å²) in [5.74, 6) is -1.10. The lowest BCUT2D eigenvalue weighted by atomic mass is 9.72. The van der Waals surface area contributed by atoms with Crippen LogP contribution in [0.5, 0.6) is 0 Å². The first kappa shape index (κ1) is 19.9. The molecular weight excluding hydrogens is 379 g/mol. The van der Waals surface area contributed by atoms with Gasteiger partial charge in [0.25, 0.3) is 0 Å². The number of Topliss-reactive ketones (excluding diaryl/α,β-unsaturated/α-hetero) is 1. The number of allylic oxidation sites excluding steroid dienone is 3. The Morgan fingerprint density at radius 3 is 2.40 bits per heavy atom. The van der Waals surface area contributed by atoms with Crippen LogP contribution in [0.2, 0.25) is 0 Å². The summed E-state index contributed by atoms with van der Waals surface area (Å²) >= 11 is 0. The molecule has 6 heteroatoms. The lowest BCUT2D eigenvalue weighted by Crippen LogP contribution is -2.46. The van der Waals surface area contributed by atoms with Crippen LogP contribution in [0.1, 0.15) is 35.8 Å². The number of rotatable bonds is 3. The van der Waals surface area contributed by atoms with Gasteiger partial charge >= 0.3 is 0 Å². The quantitative estimate of drug-likeness (QED) is 0.846. The van der Waals surface area contributed by atoms with Crippen LogP contribution in [0, 0.1) is 17.1 Å². The van der Waals surface area contributed by atoms with E-state index >= 15 is 0 Å². The lowest BCUT2D eigenvalue weighted by Gasteiger charge is -2.43. The summed E-state index contributed by atoms with van der Waals surface area (Å²) in [6.45, 7) is 0. The third-order valence-electron chi connectivity index (χ3n) is 5.83. The molecule has 0 radical (unpaired) electrons. The third kappa shape index (κ3) is 3.17. The van der Waals surface area contributed by atoms with Gasteiger partial charge in [-0.05, 0) is 24.0 Å². The number of carbonyl (C=O) groups is 1. The second-order valence-corrected chi connectivity index (χ2v) is 7.82. The van der Waals surface area contributed by atoms with Crippen LogP contribution in [0.25, 0.3) is 0 Å². The van der Waals surface area contributed by atoms with E-state index in [1.807, 2.05) is 44.4 Å². The minimum Gasteiger partial charge on any atom is -0.383 e. The van der Waals surface area contributed by atoms with Gasteiger partial charge in [-0.25, -0.2) is 9.40 Å². The molecule has 2 atom stereocenters. The van der Waals surface area contributed by atoms with E-state index in [-0.39, 0.29) is 23.1 Å². The molecule has 4 rings (SSSR count). The molecule has 2 N–H and O–H groups in total. The number of hydrogen-bond donors (Lipinski definition) is 1. The van der Waals surface area contributed by atoms with E-state index in [0.29, 0.717) is 24.0 Å². The van der Waals surface area contributed by atoms with Crippen molar-refractivity contribution < 1.29 is 9.18 Å². The van der Waals surface area contributed by atoms with Crippen LogP contribution < -0.4 is 5.73 Å². The highest BCUT2D eigenvalue weighted by atomic mass is 19.1. The fourth-order valence-corrected chi connectivity index (χ4v) is 4.55. The normalized spacial score (nSPS) is 21.7. The van der Waals surface area contributed by atoms with E-state index in [2.05, 4.69) is 6.07 Å². The number of carbonyl (C=O) groups excluding carboxylic acids is 1. The second kappa shape index (κ2) is 7.77. The van der Waals surface area contributed by atoms with E-state index < -0.39 is 11.7 Å². The fourth-order valence-electron chi connectivity index (χ4n) is 4.55. The van der Waals surface area contributed by atoms with Gasteiger partial charge in [0.2, 0.25) is 0 Å². The molecule has 0 bridgehead atoms. The number of benzene rings is 2. The van der Waals surface area contributed by atoms with E-state index in [0.717, 1.165) is 11.3 Å². The number of nitrogens with zero attached hydrogens (tertiary/aromatic N) is 3. The minimum absolute atomic E-state index is 0.00222. The zero-order chi connectivity index (χ0) is 21.4. The van der Waals surface area contributed by atoms with Gasteiger partial charge < -0.3 is 5.73 Å². The van der Waals surface area contributed by atoms with E-state index in [9.17, 15) is 14.4 Å². The number of hydrazine groups is 1. The highest BCUT2D eigenvalue weighted by Gasteiger charge is 2.43. The molecule has 1 aliphatic heterocycles. The maximum atomic E-state index is 14.8. The van der Waals surface area contributed by atoms with Crippen molar-refractivity contribution in [2.24, 2.45) is 5.73 Å². The molecule has 2 aromatic rings. The largest absolute Gasteiger partial charge is 0.383 e. The van der Waals surface area contributed by atoms with Crippen molar-refractivity contribution >= 4 is 5.78 Å². The molecule has 0 fully saturated rings. The average Bonchev–Trinajstić information content (AvgIpc) is 2.73. The first-order chi connectivity index (χ1) is 14.4. The van der Waals surface area contributed by atoms with Gasteiger partial charge in [-0.1, -0.05) is 48.5 Å². The maximum absolute atomic E-state index is 14.8. The van der Waals surface area contributed by atoms with Crippen LogP contribution in [0.4, 0.5) is 4.39 Å². The average molecular weight is 402 g/mol. The molecule has 1 heterocycles. The zero-order valence-corrected chi connectivity index (χ0v) is 17.0. The molecule has 0 saturated carbocycles. The van der Waals surface area contributed by atoms with E-state index in [1.165, 1.54) is 6.07 Å². The maximum Gasteiger partial charge on any atom is 0.162 e. The van der Waals surface area contributed by atoms with Gasteiger partial charge in [0.15, 0.2) is 5.78 Å². The lowest BCUT2D eigenvalue weighted by molar-refractivity contribution is -0.117. The van der Waals surface area contributed by atoms with Crippen molar-refractivity contribution in [3.63, 3.8) is 0 Å². The Labute approximate surface area is 175 Å². The van der Waals surface area contributed by atoms with Crippen molar-refractivity contribution in [1.29, 1.82) is 5.26 Å². The van der Waals surface area contributed by atoms with E-state index in [1.54, 1.807) is 28.2 Å². The van der Waals surface area contributed by atoms with Crippen LogP contribution in [0.3, 0.4) is 0 Å². The second-order valence-electron chi connectivity index (χ2n) is 7.82. The summed E-state index contributed by atoms with van der Waals surface area (Å²) in [4.78, 5) is 13.4. The van der Waals surface area contributed by atoms with Crippen molar-refractivity contribution in [2.45, 2.75) is 24.7 Å². The molecule has 0 spiro atoms. The Morgan fingerprint density at radius 1 is 1.10 bits per heavy atom. The van der Waals surface area contributed by atoms with Gasteiger partial charge in [0, 0.05) is 37.3 Å². The van der Waals surface area contributed by atoms with Crippen LogP contribution in [-0.4, -0.2) is 29.9 Å². The molecule has 30 heavy (non-hydrogen) atoms. The Hall–Kier alpha value is -3.43. The molecule has 0 saturated heterocycles. The summed E-state index contributed by atoms with van der Waals surface area (Å²) in [6, 6.07) is 18.3. The molecule has 5 nitrogen and oxygen atoms in total. The fraction of sp³-hybridized carbons (Fsp3) is 0.250.